The molecule has 35 heavy (non-hydrogen) atoms. The maximum atomic E-state index is 13.2. The lowest BCUT2D eigenvalue weighted by Crippen LogP contribution is -2.13. The van der Waals surface area contributed by atoms with Crippen molar-refractivity contribution in [3.63, 3.8) is 0 Å². The van der Waals surface area contributed by atoms with Gasteiger partial charge in [0.05, 0.1) is 25.9 Å². The molecule has 4 rings (SSSR count). The number of aryl methyl sites for hydroxylation is 1. The van der Waals surface area contributed by atoms with E-state index < -0.39 is 20.0 Å². The Morgan fingerprint density at radius 3 is 2.49 bits per heavy atom. The Morgan fingerprint density at radius 1 is 1.11 bits per heavy atom. The molecule has 2 aromatic heterocycles. The second-order valence-corrected chi connectivity index (χ2v) is 12.6. The van der Waals surface area contributed by atoms with Gasteiger partial charge in [-0.1, -0.05) is 58.8 Å². The topological polar surface area (TPSA) is 108 Å². The third-order valence-corrected chi connectivity index (χ3v) is 9.90. The molecule has 2 aromatic carbocycles. The van der Waals surface area contributed by atoms with Gasteiger partial charge in [-0.3, -0.25) is 10.1 Å². The van der Waals surface area contributed by atoms with Crippen LogP contribution in [0.15, 0.2) is 52.9 Å². The van der Waals surface area contributed by atoms with Crippen molar-refractivity contribution in [1.82, 2.24) is 14.8 Å². The first-order chi connectivity index (χ1) is 16.5. The van der Waals surface area contributed by atoms with Crippen LogP contribution in [0.5, 0.6) is 0 Å². The first-order valence-corrected chi connectivity index (χ1v) is 13.6. The number of hydrogen-bond donors (Lipinski definition) is 0. The maximum absolute atomic E-state index is 13.2. The first-order valence-electron chi connectivity index (χ1n) is 10.5. The van der Waals surface area contributed by atoms with Crippen LogP contribution < -0.4 is 0 Å². The van der Waals surface area contributed by atoms with Crippen LogP contribution >= 0.6 is 34.5 Å². The van der Waals surface area contributed by atoms with Crippen molar-refractivity contribution in [3.05, 3.63) is 85.6 Å². The molecule has 0 aliphatic rings. The fourth-order valence-corrected chi connectivity index (χ4v) is 6.61. The predicted octanol–water partition coefficient (Wildman–Crippen LogP) is 6.29. The van der Waals surface area contributed by atoms with Crippen molar-refractivity contribution in [3.8, 4) is 16.4 Å². The van der Waals surface area contributed by atoms with Gasteiger partial charge in [-0.25, -0.2) is 18.1 Å². The normalized spacial score (nSPS) is 11.8. The molecule has 12 heteroatoms. The maximum Gasteiger partial charge on any atom is 0.272 e. The van der Waals surface area contributed by atoms with Gasteiger partial charge in [0, 0.05) is 29.8 Å². The summed E-state index contributed by atoms with van der Waals surface area (Å²) in [5.41, 5.74) is 2.79. The zero-order valence-electron chi connectivity index (χ0n) is 18.9. The first kappa shape index (κ1) is 25.3. The second-order valence-electron chi connectivity index (χ2n) is 8.10. The molecule has 182 valence electrons. The van der Waals surface area contributed by atoms with Crippen molar-refractivity contribution in [2.45, 2.75) is 36.7 Å². The number of para-hydroxylation sites is 1. The zero-order valence-corrected chi connectivity index (χ0v) is 22.0. The summed E-state index contributed by atoms with van der Waals surface area (Å²) in [7, 11) is -3.67. The van der Waals surface area contributed by atoms with Crippen molar-refractivity contribution < 1.29 is 13.3 Å². The standard InChI is InChI=1S/C23H20Cl2N4O4S2/c1-13(2)35(32,33)22-21(16-8-9-18(24)19(25)11-16)26-23(34-22)28-12-17(14(3)27-28)10-15-6-4-5-7-20(15)29(30)31/h4-9,11-13H,10H2,1-3H3. The van der Waals surface area contributed by atoms with E-state index in [0.717, 1.165) is 16.9 Å². The molecular weight excluding hydrogens is 531 g/mol. The van der Waals surface area contributed by atoms with Gasteiger partial charge < -0.3 is 0 Å². The lowest BCUT2D eigenvalue weighted by molar-refractivity contribution is -0.385. The number of nitrogens with zero attached hydrogens (tertiary/aromatic N) is 4. The molecule has 0 amide bonds. The van der Waals surface area contributed by atoms with E-state index in [2.05, 4.69) is 10.1 Å². The van der Waals surface area contributed by atoms with Crippen LogP contribution in [0.1, 0.15) is 30.7 Å². The molecule has 0 spiro atoms. The molecule has 0 fully saturated rings. The summed E-state index contributed by atoms with van der Waals surface area (Å²) in [4.78, 5) is 15.6. The highest BCUT2D eigenvalue weighted by Crippen LogP contribution is 2.38. The largest absolute Gasteiger partial charge is 0.272 e. The molecule has 8 nitrogen and oxygen atoms in total. The minimum absolute atomic E-state index is 0.0288. The average Bonchev–Trinajstić information content (AvgIpc) is 3.40. The van der Waals surface area contributed by atoms with Crippen molar-refractivity contribution >= 4 is 50.1 Å². The van der Waals surface area contributed by atoms with Gasteiger partial charge in [0.15, 0.2) is 9.84 Å². The van der Waals surface area contributed by atoms with Crippen LogP contribution in [0.25, 0.3) is 16.4 Å². The highest BCUT2D eigenvalue weighted by Gasteiger charge is 2.29. The van der Waals surface area contributed by atoms with E-state index in [4.69, 9.17) is 23.2 Å². The van der Waals surface area contributed by atoms with E-state index in [-0.39, 0.29) is 20.6 Å². The number of aromatic nitrogens is 3. The van der Waals surface area contributed by atoms with Gasteiger partial charge in [-0.2, -0.15) is 5.10 Å². The van der Waals surface area contributed by atoms with Crippen molar-refractivity contribution in [1.29, 1.82) is 0 Å². The summed E-state index contributed by atoms with van der Waals surface area (Å²) in [5.74, 6) is 0. The molecule has 2 heterocycles. The van der Waals surface area contributed by atoms with Gasteiger partial charge in [0.25, 0.3) is 5.69 Å². The number of rotatable bonds is 7. The molecule has 0 aliphatic heterocycles. The summed E-state index contributed by atoms with van der Waals surface area (Å²) in [5, 5.41) is 16.2. The third kappa shape index (κ3) is 4.97. The van der Waals surface area contributed by atoms with E-state index >= 15 is 0 Å². The Morgan fingerprint density at radius 2 is 1.83 bits per heavy atom. The van der Waals surface area contributed by atoms with Crippen LogP contribution in [0.2, 0.25) is 10.0 Å². The number of nitro groups is 1. The molecule has 0 N–H and O–H groups in total. The van der Waals surface area contributed by atoms with E-state index in [0.29, 0.717) is 33.4 Å². The second kappa shape index (κ2) is 9.69. The summed E-state index contributed by atoms with van der Waals surface area (Å²) >= 11 is 13.2. The lowest BCUT2D eigenvalue weighted by atomic mass is 10.0. The number of hydrogen-bond acceptors (Lipinski definition) is 7. The minimum atomic E-state index is -3.67. The van der Waals surface area contributed by atoms with Crippen LogP contribution in [0.4, 0.5) is 5.69 Å². The smallest absolute Gasteiger partial charge is 0.258 e. The van der Waals surface area contributed by atoms with E-state index in [1.54, 1.807) is 63.4 Å². The summed E-state index contributed by atoms with van der Waals surface area (Å²) in [6.45, 7) is 5.01. The van der Waals surface area contributed by atoms with Gasteiger partial charge in [-0.05, 0) is 38.5 Å². The lowest BCUT2D eigenvalue weighted by Gasteiger charge is -2.08. The fraction of sp³-hybridized carbons (Fsp3) is 0.217. The Balaban J connectivity index is 1.81. The molecule has 4 aromatic rings. The molecule has 0 atom stereocenters. The van der Waals surface area contributed by atoms with E-state index in [1.165, 1.54) is 10.7 Å². The molecular formula is C23H20Cl2N4O4S2. The molecule has 0 saturated heterocycles. The summed E-state index contributed by atoms with van der Waals surface area (Å²) in [6.07, 6.45) is 2.01. The van der Waals surface area contributed by atoms with Crippen LogP contribution in [-0.2, 0) is 16.3 Å². The summed E-state index contributed by atoms with van der Waals surface area (Å²) < 4.78 is 27.9. The van der Waals surface area contributed by atoms with Crippen molar-refractivity contribution in [2.24, 2.45) is 0 Å². The predicted molar refractivity (Wildman–Crippen MR) is 138 cm³/mol. The Bertz CT molecular complexity index is 1540. The number of thiazole rings is 1. The Labute approximate surface area is 216 Å². The van der Waals surface area contributed by atoms with Crippen molar-refractivity contribution in [2.75, 3.05) is 0 Å². The number of nitro benzene ring substituents is 1. The van der Waals surface area contributed by atoms with Crippen LogP contribution in [0, 0.1) is 17.0 Å². The SMILES string of the molecule is Cc1nn(-c2nc(-c3ccc(Cl)c(Cl)c3)c(S(=O)(=O)C(C)C)s2)cc1Cc1ccccc1[N+](=O)[O-]. The van der Waals surface area contributed by atoms with Gasteiger partial charge in [0.2, 0.25) is 5.13 Å². The monoisotopic (exact) mass is 550 g/mol. The van der Waals surface area contributed by atoms with E-state index in [9.17, 15) is 18.5 Å². The zero-order chi connectivity index (χ0) is 25.5. The molecule has 0 aliphatic carbocycles. The molecule has 0 unspecified atom stereocenters. The fourth-order valence-electron chi connectivity index (χ4n) is 3.44. The van der Waals surface area contributed by atoms with E-state index in [1.807, 2.05) is 0 Å². The number of halogens is 2. The van der Waals surface area contributed by atoms with Gasteiger partial charge in [0.1, 0.15) is 9.90 Å². The van der Waals surface area contributed by atoms with Gasteiger partial charge >= 0.3 is 0 Å². The van der Waals surface area contributed by atoms with Gasteiger partial charge in [-0.15, -0.1) is 0 Å². The Kier molecular flexibility index (Phi) is 7.01. The number of sulfone groups is 1. The van der Waals surface area contributed by atoms with Crippen LogP contribution in [0.3, 0.4) is 0 Å². The summed E-state index contributed by atoms with van der Waals surface area (Å²) in [6, 6.07) is 11.4. The molecule has 0 radical (unpaired) electrons. The third-order valence-electron chi connectivity index (χ3n) is 5.42. The minimum Gasteiger partial charge on any atom is -0.258 e. The quantitative estimate of drug-likeness (QED) is 0.197. The molecule has 0 bridgehead atoms. The van der Waals surface area contributed by atoms with Crippen LogP contribution in [-0.4, -0.2) is 33.4 Å². The highest BCUT2D eigenvalue weighted by atomic mass is 35.5. The Hall–Kier alpha value is -2.79. The number of benzene rings is 2. The highest BCUT2D eigenvalue weighted by molar-refractivity contribution is 7.94. The molecule has 0 saturated carbocycles. The average molecular weight is 551 g/mol.